The summed E-state index contributed by atoms with van der Waals surface area (Å²) in [4.78, 5) is 25.7. The van der Waals surface area contributed by atoms with Crippen molar-refractivity contribution in [2.45, 2.75) is 48.8 Å². The lowest BCUT2D eigenvalue weighted by molar-refractivity contribution is -0.178. The van der Waals surface area contributed by atoms with Gasteiger partial charge < -0.3 is 28.4 Å². The Labute approximate surface area is 124 Å². The molecule has 6 fully saturated rings. The maximum atomic E-state index is 12.8. The molecule has 8 heteroatoms. The molecule has 8 unspecified atom stereocenters. The fraction of sp³-hybridized carbons (Fsp3) is 0.857. The molecule has 118 valence electrons. The van der Waals surface area contributed by atoms with Crippen LogP contribution in [0.1, 0.15) is 0 Å². The first-order valence-electron chi connectivity index (χ1n) is 7.42. The van der Waals surface area contributed by atoms with Crippen LogP contribution < -0.4 is 0 Å². The molecular formula is C14H14O8. The quantitative estimate of drug-likeness (QED) is 0.444. The molecule has 8 nitrogen and oxygen atoms in total. The zero-order chi connectivity index (χ0) is 15.0. The molecule has 0 aromatic heterocycles. The second-order valence-electron chi connectivity index (χ2n) is 6.81. The lowest BCUT2D eigenvalue weighted by atomic mass is 9.50. The fourth-order valence-corrected chi connectivity index (χ4v) is 5.74. The minimum atomic E-state index is -1.24. The number of fused-ring (bicyclic) bond motifs is 15. The molecule has 6 heterocycles. The molecule has 0 aromatic carbocycles. The Bertz CT molecular complexity index is 548. The van der Waals surface area contributed by atoms with Gasteiger partial charge in [0.2, 0.25) is 0 Å². The van der Waals surface area contributed by atoms with Gasteiger partial charge in [-0.1, -0.05) is 0 Å². The number of hydrogen-bond acceptors (Lipinski definition) is 8. The van der Waals surface area contributed by atoms with Crippen molar-refractivity contribution < 1.29 is 38.0 Å². The number of ether oxygens (including phenoxy) is 6. The summed E-state index contributed by atoms with van der Waals surface area (Å²) < 4.78 is 33.5. The number of hydrogen-bond donors (Lipinski definition) is 0. The highest BCUT2D eigenvalue weighted by Crippen LogP contribution is 2.78. The predicted octanol–water partition coefficient (Wildman–Crippen LogP) is -1.60. The highest BCUT2D eigenvalue weighted by Gasteiger charge is 2.98. The summed E-state index contributed by atoms with van der Waals surface area (Å²) in [5, 5.41) is 0. The van der Waals surface area contributed by atoms with Crippen molar-refractivity contribution in [1.29, 1.82) is 0 Å². The van der Waals surface area contributed by atoms with E-state index in [2.05, 4.69) is 0 Å². The maximum absolute atomic E-state index is 12.8. The second-order valence-corrected chi connectivity index (χ2v) is 6.81. The van der Waals surface area contributed by atoms with E-state index in [0.29, 0.717) is 0 Å². The molecule has 0 aromatic rings. The van der Waals surface area contributed by atoms with Crippen molar-refractivity contribution in [2.24, 2.45) is 10.8 Å². The Morgan fingerprint density at radius 1 is 0.682 bits per heavy atom. The van der Waals surface area contributed by atoms with Gasteiger partial charge in [0.05, 0.1) is 14.2 Å². The summed E-state index contributed by atoms with van der Waals surface area (Å²) in [5.74, 6) is -0.999. The summed E-state index contributed by atoms with van der Waals surface area (Å²) >= 11 is 0. The molecule has 6 rings (SSSR count). The zero-order valence-corrected chi connectivity index (χ0v) is 11.9. The largest absolute Gasteiger partial charge is 0.468 e. The van der Waals surface area contributed by atoms with Gasteiger partial charge in [0.15, 0.2) is 0 Å². The van der Waals surface area contributed by atoms with Crippen molar-refractivity contribution >= 4 is 11.9 Å². The lowest BCUT2D eigenvalue weighted by Crippen LogP contribution is -2.68. The van der Waals surface area contributed by atoms with Crippen LogP contribution in [-0.2, 0) is 38.0 Å². The minimum Gasteiger partial charge on any atom is -0.468 e. The van der Waals surface area contributed by atoms with Crippen LogP contribution in [0.5, 0.6) is 0 Å². The van der Waals surface area contributed by atoms with Crippen molar-refractivity contribution in [3.8, 4) is 0 Å². The lowest BCUT2D eigenvalue weighted by Gasteiger charge is -2.43. The van der Waals surface area contributed by atoms with E-state index >= 15 is 0 Å². The van der Waals surface area contributed by atoms with Gasteiger partial charge in [-0.05, 0) is 0 Å². The van der Waals surface area contributed by atoms with E-state index in [1.54, 1.807) is 0 Å². The van der Waals surface area contributed by atoms with Crippen LogP contribution in [0.15, 0.2) is 0 Å². The molecule has 6 aliphatic heterocycles. The molecule has 0 N–H and O–H groups in total. The fourth-order valence-electron chi connectivity index (χ4n) is 5.74. The van der Waals surface area contributed by atoms with Gasteiger partial charge in [-0.15, -0.1) is 0 Å². The van der Waals surface area contributed by atoms with E-state index < -0.39 is 47.2 Å². The Hall–Kier alpha value is -1.22. The number of epoxide rings is 2. The molecule has 6 aliphatic rings. The summed E-state index contributed by atoms with van der Waals surface area (Å²) in [6.07, 6.45) is -2.90. The van der Waals surface area contributed by atoms with Crippen LogP contribution >= 0.6 is 0 Å². The molecule has 0 amide bonds. The van der Waals surface area contributed by atoms with Crippen molar-refractivity contribution in [3.05, 3.63) is 0 Å². The van der Waals surface area contributed by atoms with Gasteiger partial charge in [0.25, 0.3) is 0 Å². The van der Waals surface area contributed by atoms with Crippen molar-refractivity contribution in [1.82, 2.24) is 0 Å². The number of rotatable bonds is 2. The Kier molecular flexibility index (Phi) is 1.77. The van der Waals surface area contributed by atoms with E-state index in [1.165, 1.54) is 14.2 Å². The Balaban J connectivity index is 1.65. The molecule has 22 heavy (non-hydrogen) atoms. The topological polar surface area (TPSA) is 96.1 Å². The van der Waals surface area contributed by atoms with Gasteiger partial charge in [0, 0.05) is 0 Å². The van der Waals surface area contributed by atoms with E-state index in [-0.39, 0.29) is 24.4 Å². The summed E-state index contributed by atoms with van der Waals surface area (Å²) in [6.45, 7) is 0. The molecule has 6 saturated heterocycles. The summed E-state index contributed by atoms with van der Waals surface area (Å²) in [5.41, 5.74) is -2.47. The van der Waals surface area contributed by atoms with Crippen LogP contribution in [0.2, 0.25) is 0 Å². The Morgan fingerprint density at radius 3 is 1.27 bits per heavy atom. The van der Waals surface area contributed by atoms with E-state index in [1.807, 2.05) is 0 Å². The molecule has 4 bridgehead atoms. The molecule has 0 aliphatic carbocycles. The van der Waals surface area contributed by atoms with E-state index in [4.69, 9.17) is 28.4 Å². The van der Waals surface area contributed by atoms with Crippen LogP contribution in [0.4, 0.5) is 0 Å². The van der Waals surface area contributed by atoms with Crippen LogP contribution in [-0.4, -0.2) is 75.0 Å². The number of carbonyl (C=O) groups is 2. The molecule has 0 spiro atoms. The molecule has 0 saturated carbocycles. The van der Waals surface area contributed by atoms with Crippen LogP contribution in [0, 0.1) is 10.8 Å². The smallest absolute Gasteiger partial charge is 0.318 e. The molecule has 8 atom stereocenters. The maximum Gasteiger partial charge on any atom is 0.318 e. The van der Waals surface area contributed by atoms with Crippen molar-refractivity contribution in [2.75, 3.05) is 14.2 Å². The average Bonchev–Trinajstić information content (AvgIpc) is 3.39. The number of methoxy groups -OCH3 is 2. The minimum absolute atomic E-state index is 0.179. The van der Waals surface area contributed by atoms with Crippen molar-refractivity contribution in [3.63, 3.8) is 0 Å². The highest BCUT2D eigenvalue weighted by molar-refractivity contribution is 5.94. The van der Waals surface area contributed by atoms with Gasteiger partial charge >= 0.3 is 11.9 Å². The van der Waals surface area contributed by atoms with Gasteiger partial charge in [-0.3, -0.25) is 9.59 Å². The van der Waals surface area contributed by atoms with E-state index in [9.17, 15) is 9.59 Å². The third-order valence-corrected chi connectivity index (χ3v) is 6.43. The standard InChI is InChI=1S/C14H14O8/c1-17-11(15)13-7-3-5(19-3)9(21-7)14(13,12(16)18-2)10-6-4(20-6)8(13)22-10/h3-10H,1-2H3. The average molecular weight is 310 g/mol. The van der Waals surface area contributed by atoms with Crippen LogP contribution in [0.3, 0.4) is 0 Å². The summed E-state index contributed by atoms with van der Waals surface area (Å²) in [6, 6.07) is 0. The Morgan fingerprint density at radius 2 is 1.00 bits per heavy atom. The second kappa shape index (κ2) is 3.19. The van der Waals surface area contributed by atoms with E-state index in [0.717, 1.165) is 0 Å². The molecular weight excluding hydrogens is 296 g/mol. The monoisotopic (exact) mass is 310 g/mol. The number of esters is 2. The third kappa shape index (κ3) is 0.846. The number of carbonyl (C=O) groups excluding carboxylic acids is 2. The SMILES string of the molecule is COC(=O)C12C3OC(C4OC43)C1(C(=O)OC)C1OC2C2OC21. The van der Waals surface area contributed by atoms with Crippen LogP contribution in [0.25, 0.3) is 0 Å². The highest BCUT2D eigenvalue weighted by atomic mass is 16.7. The zero-order valence-electron chi connectivity index (χ0n) is 11.9. The normalized spacial score (nSPS) is 63.9. The predicted molar refractivity (Wildman–Crippen MR) is 63.5 cm³/mol. The van der Waals surface area contributed by atoms with Gasteiger partial charge in [-0.25, -0.2) is 0 Å². The first kappa shape index (κ1) is 12.2. The first-order chi connectivity index (χ1) is 10.6. The third-order valence-electron chi connectivity index (χ3n) is 6.43. The van der Waals surface area contributed by atoms with Gasteiger partial charge in [0.1, 0.15) is 59.7 Å². The summed E-state index contributed by atoms with van der Waals surface area (Å²) in [7, 11) is 2.63. The molecule has 0 radical (unpaired) electrons. The first-order valence-corrected chi connectivity index (χ1v) is 7.42. The van der Waals surface area contributed by atoms with Gasteiger partial charge in [-0.2, -0.15) is 0 Å².